The van der Waals surface area contributed by atoms with Gasteiger partial charge in [0.25, 0.3) is 0 Å². The fraction of sp³-hybridized carbons (Fsp3) is 0.875. The molecule has 3 fully saturated rings. The minimum atomic E-state index is -0.354. The van der Waals surface area contributed by atoms with Gasteiger partial charge in [0.05, 0.1) is 12.5 Å². The molecule has 0 radical (unpaired) electrons. The van der Waals surface area contributed by atoms with Crippen LogP contribution < -0.4 is 16.0 Å². The topological polar surface area (TPSA) is 70.2 Å². The van der Waals surface area contributed by atoms with Crippen molar-refractivity contribution < 1.29 is 9.59 Å². The van der Waals surface area contributed by atoms with Crippen LogP contribution >= 0.6 is 0 Å². The first kappa shape index (κ1) is 14.8. The SMILES string of the molecule is O=C(CC1NC2CCCCC2NC1=O)NC1CCCCC1. The fourth-order valence-corrected chi connectivity index (χ4v) is 3.99. The lowest BCUT2D eigenvalue weighted by Crippen LogP contribution is -2.65. The fourth-order valence-electron chi connectivity index (χ4n) is 3.99. The van der Waals surface area contributed by atoms with Crippen LogP contribution in [0.3, 0.4) is 0 Å². The number of amides is 2. The zero-order valence-electron chi connectivity index (χ0n) is 12.7. The summed E-state index contributed by atoms with van der Waals surface area (Å²) in [5.41, 5.74) is 0. The van der Waals surface area contributed by atoms with Crippen LogP contribution in [0.1, 0.15) is 64.2 Å². The van der Waals surface area contributed by atoms with E-state index in [-0.39, 0.29) is 30.3 Å². The molecule has 1 aliphatic heterocycles. The Labute approximate surface area is 126 Å². The van der Waals surface area contributed by atoms with Crippen molar-refractivity contribution in [3.05, 3.63) is 0 Å². The summed E-state index contributed by atoms with van der Waals surface area (Å²) in [5, 5.41) is 9.60. The molecule has 2 amide bonds. The van der Waals surface area contributed by atoms with Crippen molar-refractivity contribution in [2.75, 3.05) is 0 Å². The third kappa shape index (κ3) is 3.76. The molecule has 3 aliphatic rings. The summed E-state index contributed by atoms with van der Waals surface area (Å²) in [5.74, 6) is 0.0146. The van der Waals surface area contributed by atoms with E-state index in [0.717, 1.165) is 25.7 Å². The monoisotopic (exact) mass is 293 g/mol. The second-order valence-corrected chi connectivity index (χ2v) is 6.83. The zero-order valence-corrected chi connectivity index (χ0v) is 12.7. The van der Waals surface area contributed by atoms with Crippen LogP contribution in [0.15, 0.2) is 0 Å². The van der Waals surface area contributed by atoms with Crippen molar-refractivity contribution >= 4 is 11.8 Å². The summed E-state index contributed by atoms with van der Waals surface area (Å²) < 4.78 is 0. The van der Waals surface area contributed by atoms with E-state index in [2.05, 4.69) is 16.0 Å². The van der Waals surface area contributed by atoms with Gasteiger partial charge in [-0.3, -0.25) is 9.59 Å². The number of carbonyl (C=O) groups is 2. The third-order valence-corrected chi connectivity index (χ3v) is 5.19. The van der Waals surface area contributed by atoms with Crippen molar-refractivity contribution in [2.24, 2.45) is 0 Å². The Morgan fingerprint density at radius 3 is 2.43 bits per heavy atom. The number of hydrogen-bond acceptors (Lipinski definition) is 3. The van der Waals surface area contributed by atoms with Crippen LogP contribution in [0, 0.1) is 0 Å². The maximum absolute atomic E-state index is 12.2. The Kier molecular flexibility index (Phi) is 4.78. The van der Waals surface area contributed by atoms with Crippen LogP contribution in [-0.2, 0) is 9.59 Å². The minimum Gasteiger partial charge on any atom is -0.353 e. The number of rotatable bonds is 3. The van der Waals surface area contributed by atoms with Gasteiger partial charge in [0.1, 0.15) is 0 Å². The Morgan fingerprint density at radius 2 is 1.67 bits per heavy atom. The Balaban J connectivity index is 1.49. The maximum atomic E-state index is 12.2. The Hall–Kier alpha value is -1.10. The van der Waals surface area contributed by atoms with E-state index in [1.165, 1.54) is 32.1 Å². The average molecular weight is 293 g/mol. The van der Waals surface area contributed by atoms with Crippen molar-refractivity contribution in [2.45, 2.75) is 88.4 Å². The molecule has 3 unspecified atom stereocenters. The first-order chi connectivity index (χ1) is 10.2. The summed E-state index contributed by atoms with van der Waals surface area (Å²) in [4.78, 5) is 24.3. The first-order valence-corrected chi connectivity index (χ1v) is 8.58. The average Bonchev–Trinajstić information content (AvgIpc) is 2.49. The number of carbonyl (C=O) groups excluding carboxylic acids is 2. The first-order valence-electron chi connectivity index (χ1n) is 8.58. The van der Waals surface area contributed by atoms with E-state index < -0.39 is 0 Å². The van der Waals surface area contributed by atoms with Crippen molar-refractivity contribution in [1.82, 2.24) is 16.0 Å². The minimum absolute atomic E-state index is 0.00283. The smallest absolute Gasteiger partial charge is 0.237 e. The largest absolute Gasteiger partial charge is 0.353 e. The molecule has 5 nitrogen and oxygen atoms in total. The third-order valence-electron chi connectivity index (χ3n) is 5.19. The van der Waals surface area contributed by atoms with Crippen LogP contribution in [0.2, 0.25) is 0 Å². The number of nitrogens with one attached hydrogen (secondary N) is 3. The van der Waals surface area contributed by atoms with E-state index in [9.17, 15) is 9.59 Å². The lowest BCUT2D eigenvalue weighted by atomic mass is 9.87. The Morgan fingerprint density at radius 1 is 1.00 bits per heavy atom. The van der Waals surface area contributed by atoms with E-state index in [0.29, 0.717) is 12.1 Å². The standard InChI is InChI=1S/C16H27N3O2/c20-15(17-11-6-2-1-3-7-11)10-14-16(21)19-13-9-5-4-8-12(13)18-14/h11-14,18H,1-10H2,(H,17,20)(H,19,21). The van der Waals surface area contributed by atoms with Gasteiger partial charge in [0.15, 0.2) is 0 Å². The zero-order chi connectivity index (χ0) is 14.7. The van der Waals surface area contributed by atoms with Gasteiger partial charge >= 0.3 is 0 Å². The quantitative estimate of drug-likeness (QED) is 0.733. The van der Waals surface area contributed by atoms with E-state index in [4.69, 9.17) is 0 Å². The summed E-state index contributed by atoms with van der Waals surface area (Å²) in [7, 11) is 0. The molecule has 2 aliphatic carbocycles. The summed E-state index contributed by atoms with van der Waals surface area (Å²) in [6.07, 6.45) is 10.7. The van der Waals surface area contributed by atoms with Crippen molar-refractivity contribution in [3.63, 3.8) is 0 Å². The van der Waals surface area contributed by atoms with Gasteiger partial charge in [0.2, 0.25) is 11.8 Å². The van der Waals surface area contributed by atoms with Gasteiger partial charge in [-0.25, -0.2) is 0 Å². The van der Waals surface area contributed by atoms with Gasteiger partial charge in [-0.1, -0.05) is 32.1 Å². The summed E-state index contributed by atoms with van der Waals surface area (Å²) in [6.45, 7) is 0. The highest BCUT2D eigenvalue weighted by molar-refractivity contribution is 5.89. The number of piperazine rings is 1. The number of fused-ring (bicyclic) bond motifs is 1. The molecule has 0 bridgehead atoms. The normalized spacial score (nSPS) is 33.9. The molecule has 2 saturated carbocycles. The lowest BCUT2D eigenvalue weighted by molar-refractivity contribution is -0.131. The summed E-state index contributed by atoms with van der Waals surface area (Å²) >= 11 is 0. The summed E-state index contributed by atoms with van der Waals surface area (Å²) in [6, 6.07) is 0.584. The van der Waals surface area contributed by atoms with Crippen molar-refractivity contribution in [3.8, 4) is 0 Å². The van der Waals surface area contributed by atoms with Crippen LogP contribution in [-0.4, -0.2) is 36.0 Å². The molecule has 3 atom stereocenters. The van der Waals surface area contributed by atoms with Crippen LogP contribution in [0.4, 0.5) is 0 Å². The molecule has 3 rings (SSSR count). The molecule has 0 aromatic rings. The van der Waals surface area contributed by atoms with Crippen LogP contribution in [0.25, 0.3) is 0 Å². The predicted molar refractivity (Wildman–Crippen MR) is 80.7 cm³/mol. The van der Waals surface area contributed by atoms with E-state index >= 15 is 0 Å². The second-order valence-electron chi connectivity index (χ2n) is 6.83. The van der Waals surface area contributed by atoms with Gasteiger partial charge in [0, 0.05) is 18.1 Å². The molecule has 1 heterocycles. The molecule has 0 spiro atoms. The van der Waals surface area contributed by atoms with Crippen LogP contribution in [0.5, 0.6) is 0 Å². The van der Waals surface area contributed by atoms with Gasteiger partial charge in [-0.15, -0.1) is 0 Å². The molecule has 3 N–H and O–H groups in total. The molecular formula is C16H27N3O2. The molecule has 21 heavy (non-hydrogen) atoms. The van der Waals surface area contributed by atoms with Gasteiger partial charge in [-0.05, 0) is 25.7 Å². The van der Waals surface area contributed by atoms with Gasteiger partial charge in [-0.2, -0.15) is 0 Å². The van der Waals surface area contributed by atoms with Gasteiger partial charge < -0.3 is 16.0 Å². The Bertz CT molecular complexity index is 393. The molecule has 0 aromatic heterocycles. The lowest BCUT2D eigenvalue weighted by Gasteiger charge is -2.40. The molecular weight excluding hydrogens is 266 g/mol. The second kappa shape index (κ2) is 6.77. The van der Waals surface area contributed by atoms with Crippen molar-refractivity contribution in [1.29, 1.82) is 0 Å². The van der Waals surface area contributed by atoms with E-state index in [1.807, 2.05) is 0 Å². The maximum Gasteiger partial charge on any atom is 0.237 e. The predicted octanol–water partition coefficient (Wildman–Crippen LogP) is 1.22. The number of hydrogen-bond donors (Lipinski definition) is 3. The molecule has 1 saturated heterocycles. The molecule has 118 valence electrons. The highest BCUT2D eigenvalue weighted by Crippen LogP contribution is 2.22. The molecule has 5 heteroatoms. The molecule has 0 aromatic carbocycles. The van der Waals surface area contributed by atoms with E-state index in [1.54, 1.807) is 0 Å². The highest BCUT2D eigenvalue weighted by atomic mass is 16.2. The highest BCUT2D eigenvalue weighted by Gasteiger charge is 2.37.